The molecule has 0 spiro atoms. The van der Waals surface area contributed by atoms with Gasteiger partial charge in [-0.05, 0) is 77.9 Å². The first-order chi connectivity index (χ1) is 20.1. The molecule has 0 heterocycles. The largest absolute Gasteiger partial charge is 0.371 e. The predicted octanol–water partition coefficient (Wildman–Crippen LogP) is 9.89. The van der Waals surface area contributed by atoms with Crippen LogP contribution in [0.5, 0.6) is 0 Å². The molecule has 0 aromatic heterocycles. The molecular weight excluding hydrogens is 496 g/mol. The Balaban J connectivity index is 1.25. The summed E-state index contributed by atoms with van der Waals surface area (Å²) in [4.78, 5) is 4.81. The van der Waals surface area contributed by atoms with Crippen LogP contribution in [0.25, 0.3) is 16.8 Å². The van der Waals surface area contributed by atoms with E-state index in [1.807, 2.05) is 0 Å². The summed E-state index contributed by atoms with van der Waals surface area (Å²) < 4.78 is 0. The lowest BCUT2D eigenvalue weighted by atomic mass is 9.64. The molecule has 2 aliphatic carbocycles. The van der Waals surface area contributed by atoms with Crippen LogP contribution < -0.4 is 9.80 Å². The van der Waals surface area contributed by atoms with Gasteiger partial charge in [0.25, 0.3) is 0 Å². The zero-order valence-electron chi connectivity index (χ0n) is 23.6. The maximum Gasteiger partial charge on any atom is 0.0540 e. The van der Waals surface area contributed by atoms with Crippen molar-refractivity contribution in [3.63, 3.8) is 0 Å². The zero-order chi connectivity index (χ0) is 27.8. The van der Waals surface area contributed by atoms with Gasteiger partial charge in [0.05, 0.1) is 5.69 Å². The van der Waals surface area contributed by atoms with Crippen LogP contribution >= 0.6 is 0 Å². The third-order valence-electron chi connectivity index (χ3n) is 9.03. The van der Waals surface area contributed by atoms with Crippen molar-refractivity contribution in [1.82, 2.24) is 0 Å². The van der Waals surface area contributed by atoms with Crippen LogP contribution in [0.2, 0.25) is 0 Å². The normalized spacial score (nSPS) is 17.9. The van der Waals surface area contributed by atoms with Crippen molar-refractivity contribution in [2.75, 3.05) is 16.8 Å². The lowest BCUT2D eigenvalue weighted by Crippen LogP contribution is -2.47. The molecule has 0 aliphatic heterocycles. The maximum absolute atomic E-state index is 2.44. The summed E-state index contributed by atoms with van der Waals surface area (Å²) in [5, 5.41) is 2.48. The summed E-state index contributed by atoms with van der Waals surface area (Å²) in [7, 11) is 2.23. The van der Waals surface area contributed by atoms with Gasteiger partial charge in [-0.25, -0.2) is 0 Å². The molecule has 2 aliphatic rings. The smallest absolute Gasteiger partial charge is 0.0540 e. The van der Waals surface area contributed by atoms with Crippen LogP contribution in [0.15, 0.2) is 151 Å². The Morgan fingerprint density at radius 2 is 1.34 bits per heavy atom. The van der Waals surface area contributed by atoms with Crippen molar-refractivity contribution < 1.29 is 0 Å². The van der Waals surface area contributed by atoms with Gasteiger partial charge in [-0.1, -0.05) is 109 Å². The number of hydrogen-bond donors (Lipinski definition) is 0. The molecule has 0 saturated heterocycles. The van der Waals surface area contributed by atoms with Crippen LogP contribution in [0, 0.1) is 5.41 Å². The minimum Gasteiger partial charge on any atom is -0.371 e. The molecule has 2 unspecified atom stereocenters. The van der Waals surface area contributed by atoms with E-state index in [4.69, 9.17) is 0 Å². The highest BCUT2D eigenvalue weighted by Crippen LogP contribution is 2.47. The van der Waals surface area contributed by atoms with E-state index in [1.165, 1.54) is 38.8 Å². The van der Waals surface area contributed by atoms with Gasteiger partial charge in [0.1, 0.15) is 0 Å². The van der Waals surface area contributed by atoms with Gasteiger partial charge in [-0.2, -0.15) is 0 Å². The van der Waals surface area contributed by atoms with Crippen LogP contribution in [-0.2, 0) is 6.42 Å². The summed E-state index contributed by atoms with van der Waals surface area (Å²) in [6.07, 6.45) is 12.5. The molecule has 200 valence electrons. The fourth-order valence-electron chi connectivity index (χ4n) is 6.64. The quantitative estimate of drug-likeness (QED) is 0.215. The highest BCUT2D eigenvalue weighted by atomic mass is 15.2. The molecule has 5 aromatic rings. The van der Waals surface area contributed by atoms with E-state index in [2.05, 4.69) is 175 Å². The van der Waals surface area contributed by atoms with Gasteiger partial charge in [0.15, 0.2) is 0 Å². The van der Waals surface area contributed by atoms with Gasteiger partial charge in [0.2, 0.25) is 0 Å². The zero-order valence-corrected chi connectivity index (χ0v) is 23.6. The molecule has 0 amide bonds. The predicted molar refractivity (Wildman–Crippen MR) is 175 cm³/mol. The van der Waals surface area contributed by atoms with Crippen LogP contribution in [0.3, 0.4) is 0 Å². The second-order valence-electron chi connectivity index (χ2n) is 11.2. The topological polar surface area (TPSA) is 6.48 Å². The molecule has 0 fully saturated rings. The van der Waals surface area contributed by atoms with E-state index in [0.29, 0.717) is 0 Å². The maximum atomic E-state index is 2.44. The van der Waals surface area contributed by atoms with E-state index in [1.54, 1.807) is 0 Å². The van der Waals surface area contributed by atoms with Gasteiger partial charge < -0.3 is 9.80 Å². The first kappa shape index (κ1) is 25.2. The average Bonchev–Trinajstić information content (AvgIpc) is 3.04. The Morgan fingerprint density at radius 3 is 2.20 bits per heavy atom. The molecule has 0 bridgehead atoms. The first-order valence-corrected chi connectivity index (χ1v) is 14.5. The Labute approximate surface area is 243 Å². The number of anilines is 4. The van der Waals surface area contributed by atoms with E-state index < -0.39 is 0 Å². The standard InChI is InChI=1S/C39H34N2/c1-29(39-26-11-10-17-33(39)27-31-14-6-7-15-32(31)28-39)40(2)34-22-24-36(25-23-34)41(35-18-4-3-5-19-35)38-21-12-16-30-13-8-9-20-37(30)38/h3-27,29H,28H2,1-2H3. The van der Waals surface area contributed by atoms with Gasteiger partial charge in [-0.15, -0.1) is 0 Å². The fourth-order valence-corrected chi connectivity index (χ4v) is 6.64. The van der Waals surface area contributed by atoms with Crippen molar-refractivity contribution in [2.24, 2.45) is 5.41 Å². The fraction of sp³-hybridized carbons (Fsp3) is 0.128. The van der Waals surface area contributed by atoms with E-state index in [0.717, 1.165) is 17.8 Å². The van der Waals surface area contributed by atoms with E-state index in [9.17, 15) is 0 Å². The number of hydrogen-bond acceptors (Lipinski definition) is 2. The minimum atomic E-state index is -0.0739. The summed E-state index contributed by atoms with van der Waals surface area (Å²) in [6, 6.07) is 44.0. The number of rotatable bonds is 6. The number of nitrogens with zero attached hydrogens (tertiary/aromatic N) is 2. The van der Waals surface area contributed by atoms with Crippen LogP contribution in [0.1, 0.15) is 18.1 Å². The summed E-state index contributed by atoms with van der Waals surface area (Å²) in [5.74, 6) is 0. The Bertz CT molecular complexity index is 1790. The molecule has 5 aromatic carbocycles. The van der Waals surface area contributed by atoms with Crippen LogP contribution in [-0.4, -0.2) is 13.1 Å². The molecule has 41 heavy (non-hydrogen) atoms. The number of allylic oxidation sites excluding steroid dienone is 3. The van der Waals surface area contributed by atoms with Crippen molar-refractivity contribution in [3.05, 3.63) is 162 Å². The molecule has 0 saturated carbocycles. The van der Waals surface area contributed by atoms with E-state index in [-0.39, 0.29) is 11.5 Å². The van der Waals surface area contributed by atoms with Crippen molar-refractivity contribution in [2.45, 2.75) is 19.4 Å². The van der Waals surface area contributed by atoms with Gasteiger partial charge in [0, 0.05) is 41.0 Å². The van der Waals surface area contributed by atoms with Crippen molar-refractivity contribution in [3.8, 4) is 0 Å². The molecule has 2 nitrogen and oxygen atoms in total. The Kier molecular flexibility index (Phi) is 6.32. The lowest BCUT2D eigenvalue weighted by molar-refractivity contribution is 0.371. The third-order valence-corrected chi connectivity index (χ3v) is 9.03. The second-order valence-corrected chi connectivity index (χ2v) is 11.2. The SMILES string of the molecule is CC(N(C)c1ccc(N(c2ccccc2)c2cccc3ccccc23)cc1)C12C=CC=CC1=Cc1ccccc1C2. The van der Waals surface area contributed by atoms with Gasteiger partial charge >= 0.3 is 0 Å². The molecule has 2 heteroatoms. The molecular formula is C39H34N2. The summed E-state index contributed by atoms with van der Waals surface area (Å²) in [6.45, 7) is 2.37. The third kappa shape index (κ3) is 4.37. The van der Waals surface area contributed by atoms with E-state index >= 15 is 0 Å². The Hall–Kier alpha value is -4.82. The Morgan fingerprint density at radius 1 is 0.659 bits per heavy atom. The summed E-state index contributed by atoms with van der Waals surface area (Å²) >= 11 is 0. The highest BCUT2D eigenvalue weighted by Gasteiger charge is 2.42. The van der Waals surface area contributed by atoms with Gasteiger partial charge in [-0.3, -0.25) is 0 Å². The monoisotopic (exact) mass is 530 g/mol. The number of fused-ring (bicyclic) bond motifs is 3. The minimum absolute atomic E-state index is 0.0739. The first-order valence-electron chi connectivity index (χ1n) is 14.5. The average molecular weight is 531 g/mol. The van der Waals surface area contributed by atoms with Crippen LogP contribution in [0.4, 0.5) is 22.7 Å². The van der Waals surface area contributed by atoms with Crippen molar-refractivity contribution in [1.29, 1.82) is 0 Å². The molecule has 0 N–H and O–H groups in total. The molecule has 2 atom stereocenters. The second kappa shape index (κ2) is 10.3. The highest BCUT2D eigenvalue weighted by molar-refractivity contribution is 5.98. The summed E-state index contributed by atoms with van der Waals surface area (Å²) in [5.41, 5.74) is 8.75. The number of benzene rings is 5. The number of para-hydroxylation sites is 1. The van der Waals surface area contributed by atoms with Crippen molar-refractivity contribution >= 4 is 39.6 Å². The lowest BCUT2D eigenvalue weighted by Gasteiger charge is -2.46. The molecule has 7 rings (SSSR count). The molecule has 0 radical (unpaired) electrons.